The topological polar surface area (TPSA) is 35.8 Å². The molecule has 0 spiro atoms. The molecule has 0 atom stereocenters. The van der Waals surface area contributed by atoms with Crippen molar-refractivity contribution in [2.75, 3.05) is 11.9 Å². The van der Waals surface area contributed by atoms with Gasteiger partial charge in [0.25, 0.3) is 0 Å². The molecule has 0 unspecified atom stereocenters. The van der Waals surface area contributed by atoms with Gasteiger partial charge in [0.05, 0.1) is 27.2 Å². The van der Waals surface area contributed by atoms with Gasteiger partial charge in [-0.3, -0.25) is 0 Å². The van der Waals surface area contributed by atoms with E-state index in [0.29, 0.717) is 22.3 Å². The average Bonchev–Trinajstić information content (AvgIpc) is 2.22. The maximum Gasteiger partial charge on any atom is 0.0719 e. The molecule has 1 aromatic rings. The number of anilines is 1. The van der Waals surface area contributed by atoms with Crippen molar-refractivity contribution in [1.29, 1.82) is 5.26 Å². The lowest BCUT2D eigenvalue weighted by atomic mass is 9.91. The third-order valence-corrected chi connectivity index (χ3v) is 3.42. The first-order valence-corrected chi connectivity index (χ1v) is 6.70. The lowest BCUT2D eigenvalue weighted by Crippen LogP contribution is -2.14. The maximum atomic E-state index is 8.90. The van der Waals surface area contributed by atoms with E-state index in [1.165, 1.54) is 0 Å². The highest BCUT2D eigenvalue weighted by atomic mass is 79.9. The van der Waals surface area contributed by atoms with Gasteiger partial charge in [0.1, 0.15) is 0 Å². The van der Waals surface area contributed by atoms with Crippen LogP contribution in [0.15, 0.2) is 16.6 Å². The number of nitrogens with zero attached hydrogens (tertiary/aromatic N) is 1. The van der Waals surface area contributed by atoms with Gasteiger partial charge < -0.3 is 5.32 Å². The molecule has 0 fully saturated rings. The molecule has 2 nitrogen and oxygen atoms in total. The highest BCUT2D eigenvalue weighted by molar-refractivity contribution is 9.10. The zero-order valence-electron chi connectivity index (χ0n) is 9.65. The quantitative estimate of drug-likeness (QED) is 0.830. The monoisotopic (exact) mass is 334 g/mol. The number of hydrogen-bond acceptors (Lipinski definition) is 2. The molecule has 92 valence electrons. The minimum absolute atomic E-state index is 0.346. The molecule has 0 aliphatic rings. The molecule has 5 heteroatoms. The fourth-order valence-corrected chi connectivity index (χ4v) is 2.61. The van der Waals surface area contributed by atoms with Crippen LogP contribution >= 0.6 is 39.1 Å². The summed E-state index contributed by atoms with van der Waals surface area (Å²) in [6, 6.07) is 5.82. The van der Waals surface area contributed by atoms with Gasteiger partial charge in [-0.05, 0) is 32.4 Å². The van der Waals surface area contributed by atoms with Crippen LogP contribution in [0.3, 0.4) is 0 Å². The summed E-state index contributed by atoms with van der Waals surface area (Å²) in [6.45, 7) is 4.46. The smallest absolute Gasteiger partial charge is 0.0719 e. The first-order chi connectivity index (χ1) is 7.85. The van der Waals surface area contributed by atoms with Crippen LogP contribution in [0.5, 0.6) is 0 Å². The van der Waals surface area contributed by atoms with Crippen molar-refractivity contribution in [2.45, 2.75) is 20.3 Å². The second-order valence-corrected chi connectivity index (χ2v) is 6.15. The normalized spacial score (nSPS) is 11.1. The van der Waals surface area contributed by atoms with E-state index < -0.39 is 0 Å². The van der Waals surface area contributed by atoms with Gasteiger partial charge >= 0.3 is 0 Å². The van der Waals surface area contributed by atoms with Crippen LogP contribution in [-0.2, 0) is 0 Å². The molecule has 0 aliphatic heterocycles. The van der Waals surface area contributed by atoms with Crippen molar-refractivity contribution in [3.63, 3.8) is 0 Å². The molecular formula is C12H13BrCl2N2. The molecule has 0 aromatic heterocycles. The molecule has 0 amide bonds. The molecule has 17 heavy (non-hydrogen) atoms. The summed E-state index contributed by atoms with van der Waals surface area (Å²) < 4.78 is 0.843. The molecular weight excluding hydrogens is 323 g/mol. The number of nitrogens with one attached hydrogen (secondary N) is 1. The van der Waals surface area contributed by atoms with Crippen molar-refractivity contribution in [3.05, 3.63) is 26.7 Å². The Hall–Kier alpha value is -0.430. The Labute approximate surface area is 120 Å². The fourth-order valence-electron chi connectivity index (χ4n) is 1.27. The van der Waals surface area contributed by atoms with Crippen molar-refractivity contribution >= 4 is 44.8 Å². The number of nitriles is 1. The van der Waals surface area contributed by atoms with Crippen LogP contribution in [-0.4, -0.2) is 6.54 Å². The predicted octanol–water partition coefficient (Wildman–Crippen LogP) is 5.11. The summed E-state index contributed by atoms with van der Waals surface area (Å²) in [6.07, 6.45) is 0.728. The van der Waals surface area contributed by atoms with Crippen molar-refractivity contribution in [2.24, 2.45) is 5.41 Å². The molecule has 0 bridgehead atoms. The van der Waals surface area contributed by atoms with Gasteiger partial charge in [-0.1, -0.05) is 39.1 Å². The van der Waals surface area contributed by atoms with E-state index in [1.807, 2.05) is 13.8 Å². The van der Waals surface area contributed by atoms with Gasteiger partial charge in [0.2, 0.25) is 0 Å². The molecule has 1 rings (SSSR count). The SMILES string of the molecule is CC(C)(C#N)CCNc1c(Cl)cc(Br)cc1Cl. The van der Waals surface area contributed by atoms with Crippen LogP contribution < -0.4 is 5.32 Å². The van der Waals surface area contributed by atoms with Crippen LogP contribution in [0.25, 0.3) is 0 Å². The van der Waals surface area contributed by atoms with Crippen LogP contribution in [0.4, 0.5) is 5.69 Å². The van der Waals surface area contributed by atoms with E-state index in [1.54, 1.807) is 12.1 Å². The Bertz CT molecular complexity index is 429. The van der Waals surface area contributed by atoms with E-state index >= 15 is 0 Å². The van der Waals surface area contributed by atoms with E-state index in [-0.39, 0.29) is 5.41 Å². The zero-order chi connectivity index (χ0) is 13.1. The lowest BCUT2D eigenvalue weighted by Gasteiger charge is -2.17. The average molecular weight is 336 g/mol. The maximum absolute atomic E-state index is 8.90. The first-order valence-electron chi connectivity index (χ1n) is 5.15. The summed E-state index contributed by atoms with van der Waals surface area (Å²) in [5.74, 6) is 0. The van der Waals surface area contributed by atoms with E-state index in [2.05, 4.69) is 27.3 Å². The Morgan fingerprint density at radius 2 is 1.88 bits per heavy atom. The number of rotatable bonds is 4. The third kappa shape index (κ3) is 4.39. The van der Waals surface area contributed by atoms with Crippen LogP contribution in [0, 0.1) is 16.7 Å². The summed E-state index contributed by atoms with van der Waals surface area (Å²) >= 11 is 15.5. The molecule has 0 heterocycles. The number of hydrogen-bond donors (Lipinski definition) is 1. The van der Waals surface area contributed by atoms with Crippen molar-refractivity contribution in [1.82, 2.24) is 0 Å². The number of benzene rings is 1. The molecule has 0 radical (unpaired) electrons. The van der Waals surface area contributed by atoms with E-state index in [0.717, 1.165) is 10.9 Å². The summed E-state index contributed by atoms with van der Waals surface area (Å²) in [4.78, 5) is 0. The minimum atomic E-state index is -0.346. The standard InChI is InChI=1S/C12H13BrCl2N2/c1-12(2,7-16)3-4-17-11-9(14)5-8(13)6-10(11)15/h5-6,17H,3-4H2,1-2H3. The molecule has 1 N–H and O–H groups in total. The summed E-state index contributed by atoms with van der Waals surface area (Å²) in [5, 5.41) is 13.2. The van der Waals surface area contributed by atoms with Crippen molar-refractivity contribution < 1.29 is 0 Å². The van der Waals surface area contributed by atoms with Crippen LogP contribution in [0.2, 0.25) is 10.0 Å². The highest BCUT2D eigenvalue weighted by Crippen LogP contribution is 2.34. The Balaban J connectivity index is 2.68. The van der Waals surface area contributed by atoms with Crippen LogP contribution in [0.1, 0.15) is 20.3 Å². The van der Waals surface area contributed by atoms with E-state index in [9.17, 15) is 0 Å². The molecule has 1 aromatic carbocycles. The van der Waals surface area contributed by atoms with Crippen molar-refractivity contribution in [3.8, 4) is 6.07 Å². The lowest BCUT2D eigenvalue weighted by molar-refractivity contribution is 0.466. The van der Waals surface area contributed by atoms with Gasteiger partial charge in [-0.25, -0.2) is 0 Å². The van der Waals surface area contributed by atoms with Gasteiger partial charge in [0.15, 0.2) is 0 Å². The van der Waals surface area contributed by atoms with Gasteiger partial charge in [-0.15, -0.1) is 0 Å². The van der Waals surface area contributed by atoms with Gasteiger partial charge in [0, 0.05) is 11.0 Å². The first kappa shape index (κ1) is 14.6. The number of halogens is 3. The molecule has 0 aliphatic carbocycles. The second-order valence-electron chi connectivity index (χ2n) is 4.42. The predicted molar refractivity (Wildman–Crippen MR) is 76.7 cm³/mol. The summed E-state index contributed by atoms with van der Waals surface area (Å²) in [7, 11) is 0. The van der Waals surface area contributed by atoms with E-state index in [4.69, 9.17) is 28.5 Å². The van der Waals surface area contributed by atoms with Gasteiger partial charge in [-0.2, -0.15) is 5.26 Å². The Morgan fingerprint density at radius 1 is 1.35 bits per heavy atom. The second kappa shape index (κ2) is 5.95. The third-order valence-electron chi connectivity index (χ3n) is 2.36. The molecule has 0 saturated carbocycles. The largest absolute Gasteiger partial charge is 0.383 e. The highest BCUT2D eigenvalue weighted by Gasteiger charge is 2.16. The summed E-state index contributed by atoms with van der Waals surface area (Å²) in [5.41, 5.74) is 0.367. The Kier molecular flexibility index (Phi) is 5.12. The zero-order valence-corrected chi connectivity index (χ0v) is 12.7. The Morgan fingerprint density at radius 3 is 2.35 bits per heavy atom. The minimum Gasteiger partial charge on any atom is -0.383 e. The molecule has 0 saturated heterocycles. The fraction of sp³-hybridized carbons (Fsp3) is 0.417.